The lowest BCUT2D eigenvalue weighted by Gasteiger charge is -2.40. The predicted molar refractivity (Wildman–Crippen MR) is 73.9 cm³/mol. The summed E-state index contributed by atoms with van der Waals surface area (Å²) in [6.45, 7) is 5.72. The van der Waals surface area contributed by atoms with Crippen LogP contribution in [0, 0.1) is 17.8 Å². The first-order chi connectivity index (χ1) is 8.22. The van der Waals surface area contributed by atoms with E-state index < -0.39 is 0 Å². The molecule has 0 bridgehead atoms. The van der Waals surface area contributed by atoms with Crippen molar-refractivity contribution >= 4 is 0 Å². The van der Waals surface area contributed by atoms with Crippen molar-refractivity contribution in [3.63, 3.8) is 0 Å². The second-order valence-electron chi connectivity index (χ2n) is 6.43. The van der Waals surface area contributed by atoms with Crippen LogP contribution in [0.15, 0.2) is 0 Å². The second-order valence-corrected chi connectivity index (χ2v) is 6.43. The number of nitrogens with one attached hydrogen (secondary N) is 1. The SMILES string of the molecule is CC1CCCC(NC2CCCCC2CN)C1C. The number of nitrogens with two attached hydrogens (primary N) is 1. The average Bonchev–Trinajstić information content (AvgIpc) is 2.35. The molecular formula is C15H30N2. The van der Waals surface area contributed by atoms with E-state index in [2.05, 4.69) is 19.2 Å². The minimum absolute atomic E-state index is 0.700. The third-order valence-corrected chi connectivity index (χ3v) is 5.35. The van der Waals surface area contributed by atoms with Gasteiger partial charge in [0, 0.05) is 12.1 Å². The summed E-state index contributed by atoms with van der Waals surface area (Å²) in [6.07, 6.45) is 9.67. The zero-order chi connectivity index (χ0) is 12.3. The van der Waals surface area contributed by atoms with E-state index in [-0.39, 0.29) is 0 Å². The zero-order valence-corrected chi connectivity index (χ0v) is 11.6. The minimum Gasteiger partial charge on any atom is -0.330 e. The van der Waals surface area contributed by atoms with Gasteiger partial charge in [0.05, 0.1) is 0 Å². The van der Waals surface area contributed by atoms with Crippen LogP contribution in [0.25, 0.3) is 0 Å². The molecule has 0 spiro atoms. The summed E-state index contributed by atoms with van der Waals surface area (Å²) >= 11 is 0. The Labute approximate surface area is 107 Å². The lowest BCUT2D eigenvalue weighted by atomic mass is 9.76. The highest BCUT2D eigenvalue weighted by Crippen LogP contribution is 2.32. The molecule has 2 saturated carbocycles. The molecule has 0 aromatic heterocycles. The van der Waals surface area contributed by atoms with Gasteiger partial charge in [-0.05, 0) is 43.6 Å². The largest absolute Gasteiger partial charge is 0.330 e. The maximum Gasteiger partial charge on any atom is 0.0110 e. The monoisotopic (exact) mass is 238 g/mol. The van der Waals surface area contributed by atoms with Crippen LogP contribution in [0.5, 0.6) is 0 Å². The van der Waals surface area contributed by atoms with E-state index in [1.165, 1.54) is 44.9 Å². The summed E-state index contributed by atoms with van der Waals surface area (Å²) in [7, 11) is 0. The van der Waals surface area contributed by atoms with Gasteiger partial charge in [-0.1, -0.05) is 39.5 Å². The molecule has 3 N–H and O–H groups in total. The van der Waals surface area contributed by atoms with Gasteiger partial charge in [0.2, 0.25) is 0 Å². The first-order valence-electron chi connectivity index (χ1n) is 7.68. The Morgan fingerprint density at radius 3 is 2.41 bits per heavy atom. The Balaban J connectivity index is 1.89. The number of hydrogen-bond donors (Lipinski definition) is 2. The van der Waals surface area contributed by atoms with E-state index in [9.17, 15) is 0 Å². The molecule has 2 heteroatoms. The Kier molecular flexibility index (Phi) is 4.87. The number of hydrogen-bond acceptors (Lipinski definition) is 2. The highest BCUT2D eigenvalue weighted by molar-refractivity contribution is 4.89. The van der Waals surface area contributed by atoms with Gasteiger partial charge in [0.25, 0.3) is 0 Å². The van der Waals surface area contributed by atoms with Gasteiger partial charge in [-0.15, -0.1) is 0 Å². The molecule has 2 rings (SSSR count). The maximum atomic E-state index is 5.92. The highest BCUT2D eigenvalue weighted by atomic mass is 15.0. The summed E-state index contributed by atoms with van der Waals surface area (Å²) in [5.41, 5.74) is 5.92. The van der Waals surface area contributed by atoms with Crippen LogP contribution in [-0.2, 0) is 0 Å². The van der Waals surface area contributed by atoms with Crippen molar-refractivity contribution in [2.75, 3.05) is 6.54 Å². The quantitative estimate of drug-likeness (QED) is 0.793. The molecular weight excluding hydrogens is 208 g/mol. The average molecular weight is 238 g/mol. The van der Waals surface area contributed by atoms with Crippen molar-refractivity contribution in [3.8, 4) is 0 Å². The van der Waals surface area contributed by atoms with E-state index >= 15 is 0 Å². The van der Waals surface area contributed by atoms with Crippen molar-refractivity contribution in [2.24, 2.45) is 23.5 Å². The van der Waals surface area contributed by atoms with Crippen molar-refractivity contribution in [1.29, 1.82) is 0 Å². The van der Waals surface area contributed by atoms with Gasteiger partial charge in [-0.25, -0.2) is 0 Å². The molecule has 0 aliphatic heterocycles. The van der Waals surface area contributed by atoms with E-state index in [1.54, 1.807) is 0 Å². The maximum absolute atomic E-state index is 5.92. The van der Waals surface area contributed by atoms with E-state index in [0.717, 1.165) is 30.3 Å². The van der Waals surface area contributed by atoms with Crippen molar-refractivity contribution in [3.05, 3.63) is 0 Å². The summed E-state index contributed by atoms with van der Waals surface area (Å²) in [5.74, 6) is 2.46. The summed E-state index contributed by atoms with van der Waals surface area (Å²) in [6, 6.07) is 1.45. The topological polar surface area (TPSA) is 38.0 Å². The molecule has 17 heavy (non-hydrogen) atoms. The van der Waals surface area contributed by atoms with Crippen LogP contribution >= 0.6 is 0 Å². The second kappa shape index (κ2) is 6.19. The summed E-state index contributed by atoms with van der Waals surface area (Å²) in [5, 5.41) is 3.96. The minimum atomic E-state index is 0.700. The van der Waals surface area contributed by atoms with Crippen LogP contribution in [0.3, 0.4) is 0 Å². The Morgan fingerprint density at radius 1 is 0.941 bits per heavy atom. The zero-order valence-electron chi connectivity index (χ0n) is 11.6. The molecule has 2 fully saturated rings. The highest BCUT2D eigenvalue weighted by Gasteiger charge is 2.31. The molecule has 2 nitrogen and oxygen atoms in total. The molecule has 0 aromatic rings. The fourth-order valence-corrected chi connectivity index (χ4v) is 3.80. The van der Waals surface area contributed by atoms with Crippen LogP contribution in [0.2, 0.25) is 0 Å². The van der Waals surface area contributed by atoms with Crippen LogP contribution in [-0.4, -0.2) is 18.6 Å². The lowest BCUT2D eigenvalue weighted by molar-refractivity contribution is 0.160. The van der Waals surface area contributed by atoms with E-state index in [1.807, 2.05) is 0 Å². The van der Waals surface area contributed by atoms with Gasteiger partial charge in [0.15, 0.2) is 0 Å². The fourth-order valence-electron chi connectivity index (χ4n) is 3.80. The van der Waals surface area contributed by atoms with Gasteiger partial charge in [-0.3, -0.25) is 0 Å². The third kappa shape index (κ3) is 3.23. The van der Waals surface area contributed by atoms with Gasteiger partial charge in [0.1, 0.15) is 0 Å². The smallest absolute Gasteiger partial charge is 0.0110 e. The standard InChI is InChI=1S/C15H30N2/c1-11-6-5-9-14(12(11)2)17-15-8-4-3-7-13(15)10-16/h11-15,17H,3-10,16H2,1-2H3. The molecule has 0 radical (unpaired) electrons. The van der Waals surface area contributed by atoms with Crippen LogP contribution < -0.4 is 11.1 Å². The third-order valence-electron chi connectivity index (χ3n) is 5.35. The molecule has 100 valence electrons. The molecule has 5 unspecified atom stereocenters. The molecule has 2 aliphatic rings. The van der Waals surface area contributed by atoms with Gasteiger partial charge in [-0.2, -0.15) is 0 Å². The molecule has 5 atom stereocenters. The predicted octanol–water partition coefficient (Wildman–Crippen LogP) is 2.92. The first-order valence-corrected chi connectivity index (χ1v) is 7.68. The molecule has 0 amide bonds. The van der Waals surface area contributed by atoms with Gasteiger partial charge >= 0.3 is 0 Å². The fraction of sp³-hybridized carbons (Fsp3) is 1.00. The van der Waals surface area contributed by atoms with Crippen LogP contribution in [0.4, 0.5) is 0 Å². The van der Waals surface area contributed by atoms with Crippen molar-refractivity contribution in [1.82, 2.24) is 5.32 Å². The summed E-state index contributed by atoms with van der Waals surface area (Å²) < 4.78 is 0. The molecule has 0 aromatic carbocycles. The van der Waals surface area contributed by atoms with Crippen molar-refractivity contribution in [2.45, 2.75) is 70.9 Å². The Hall–Kier alpha value is -0.0800. The molecule has 0 heterocycles. The molecule has 0 saturated heterocycles. The van der Waals surface area contributed by atoms with Gasteiger partial charge < -0.3 is 11.1 Å². The first kappa shape index (κ1) is 13.4. The Morgan fingerprint density at radius 2 is 1.65 bits per heavy atom. The van der Waals surface area contributed by atoms with E-state index in [4.69, 9.17) is 5.73 Å². The Bertz CT molecular complexity index is 223. The van der Waals surface area contributed by atoms with E-state index in [0.29, 0.717) is 6.04 Å². The van der Waals surface area contributed by atoms with Crippen molar-refractivity contribution < 1.29 is 0 Å². The molecule has 2 aliphatic carbocycles. The lowest BCUT2D eigenvalue weighted by Crippen LogP contribution is -2.50. The number of rotatable bonds is 3. The normalized spacial score (nSPS) is 43.6. The van der Waals surface area contributed by atoms with Crippen LogP contribution in [0.1, 0.15) is 58.8 Å². The summed E-state index contributed by atoms with van der Waals surface area (Å²) in [4.78, 5) is 0.